The molecule has 0 aliphatic rings. The van der Waals surface area contributed by atoms with Gasteiger partial charge >= 0.3 is 0 Å². The van der Waals surface area contributed by atoms with Gasteiger partial charge in [0, 0.05) is 32.8 Å². The summed E-state index contributed by atoms with van der Waals surface area (Å²) in [5.41, 5.74) is 7.75. The molecular weight excluding hydrogens is 228 g/mol. The molecule has 0 aromatic carbocycles. The molecule has 2 aromatic heterocycles. The van der Waals surface area contributed by atoms with E-state index in [2.05, 4.69) is 21.5 Å². The lowest BCUT2D eigenvalue weighted by Gasteiger charge is -2.14. The highest BCUT2D eigenvalue weighted by atomic mass is 16.5. The van der Waals surface area contributed by atoms with Crippen LogP contribution in [0.1, 0.15) is 19.2 Å². The van der Waals surface area contributed by atoms with E-state index >= 15 is 0 Å². The second kappa shape index (κ2) is 5.93. The monoisotopic (exact) mass is 248 g/mol. The quantitative estimate of drug-likeness (QED) is 0.838. The largest absolute Gasteiger partial charge is 0.380 e. The molecule has 1 unspecified atom stereocenters. The van der Waals surface area contributed by atoms with Gasteiger partial charge in [-0.15, -0.1) is 0 Å². The van der Waals surface area contributed by atoms with Gasteiger partial charge in [0.05, 0.1) is 17.8 Å². The number of fused-ring (bicyclic) bond motifs is 1. The highest BCUT2D eigenvalue weighted by molar-refractivity contribution is 5.74. The van der Waals surface area contributed by atoms with Crippen LogP contribution in [-0.4, -0.2) is 34.3 Å². The Morgan fingerprint density at radius 1 is 1.50 bits per heavy atom. The number of rotatable bonds is 6. The molecule has 0 saturated heterocycles. The molecule has 0 saturated carbocycles. The Hall–Kier alpha value is -1.46. The van der Waals surface area contributed by atoms with E-state index in [1.807, 2.05) is 6.07 Å². The van der Waals surface area contributed by atoms with Gasteiger partial charge in [-0.3, -0.25) is 4.98 Å². The third-order valence-corrected chi connectivity index (χ3v) is 3.08. The van der Waals surface area contributed by atoms with E-state index in [0.717, 1.165) is 36.2 Å². The normalized spacial score (nSPS) is 13.1. The summed E-state index contributed by atoms with van der Waals surface area (Å²) in [6, 6.07) is 2.01. The van der Waals surface area contributed by atoms with E-state index in [-0.39, 0.29) is 6.10 Å². The predicted molar refractivity (Wildman–Crippen MR) is 71.4 cm³/mol. The summed E-state index contributed by atoms with van der Waals surface area (Å²) >= 11 is 0. The molecule has 2 N–H and O–H groups in total. The van der Waals surface area contributed by atoms with Gasteiger partial charge in [0.1, 0.15) is 11.3 Å². The van der Waals surface area contributed by atoms with Crippen LogP contribution in [0.2, 0.25) is 0 Å². The number of ether oxygens (including phenoxy) is 1. The molecule has 0 amide bonds. The maximum absolute atomic E-state index is 5.68. The topological polar surface area (TPSA) is 66.0 Å². The molecule has 2 aromatic rings. The molecule has 1 atom stereocenters. The molecule has 0 aliphatic heterocycles. The molecule has 5 heteroatoms. The van der Waals surface area contributed by atoms with Crippen molar-refractivity contribution in [1.82, 2.24) is 14.5 Å². The molecule has 2 rings (SSSR count). The maximum Gasteiger partial charge on any atom is 0.112 e. The molecule has 98 valence electrons. The minimum atomic E-state index is 0.0189. The average molecular weight is 248 g/mol. The summed E-state index contributed by atoms with van der Waals surface area (Å²) in [6.07, 6.45) is 5.43. The minimum absolute atomic E-state index is 0.0189. The van der Waals surface area contributed by atoms with Crippen LogP contribution in [0.15, 0.2) is 18.5 Å². The van der Waals surface area contributed by atoms with E-state index in [4.69, 9.17) is 10.5 Å². The van der Waals surface area contributed by atoms with Crippen molar-refractivity contribution in [3.63, 3.8) is 0 Å². The van der Waals surface area contributed by atoms with Gasteiger partial charge in [0.25, 0.3) is 0 Å². The van der Waals surface area contributed by atoms with Gasteiger partial charge in [-0.05, 0) is 12.5 Å². The molecule has 5 nitrogen and oxygen atoms in total. The third-order valence-electron chi connectivity index (χ3n) is 3.08. The van der Waals surface area contributed by atoms with E-state index in [9.17, 15) is 0 Å². The van der Waals surface area contributed by atoms with E-state index in [1.165, 1.54) is 0 Å². The number of pyridine rings is 1. The van der Waals surface area contributed by atoms with E-state index in [0.29, 0.717) is 6.54 Å². The number of imidazole rings is 1. The number of methoxy groups -OCH3 is 1. The van der Waals surface area contributed by atoms with E-state index in [1.54, 1.807) is 19.5 Å². The van der Waals surface area contributed by atoms with Gasteiger partial charge in [-0.2, -0.15) is 0 Å². The lowest BCUT2D eigenvalue weighted by molar-refractivity contribution is 0.107. The van der Waals surface area contributed by atoms with Crippen molar-refractivity contribution in [3.8, 4) is 0 Å². The van der Waals surface area contributed by atoms with Crippen molar-refractivity contribution >= 4 is 11.0 Å². The zero-order valence-corrected chi connectivity index (χ0v) is 11.0. The first kappa shape index (κ1) is 13.0. The number of nitrogens with two attached hydrogens (primary N) is 1. The molecular formula is C13H20N4O. The summed E-state index contributed by atoms with van der Waals surface area (Å²) in [6.45, 7) is 3.62. The van der Waals surface area contributed by atoms with Crippen LogP contribution < -0.4 is 5.73 Å². The van der Waals surface area contributed by atoms with Crippen molar-refractivity contribution in [2.75, 3.05) is 13.7 Å². The Balaban J connectivity index is 2.38. The number of aryl methyl sites for hydroxylation is 1. The van der Waals surface area contributed by atoms with Crippen molar-refractivity contribution in [2.24, 2.45) is 5.73 Å². The summed E-state index contributed by atoms with van der Waals surface area (Å²) in [7, 11) is 1.69. The summed E-state index contributed by atoms with van der Waals surface area (Å²) in [5.74, 6) is 1.03. The molecule has 0 bridgehead atoms. The average Bonchev–Trinajstić information content (AvgIpc) is 2.75. The fourth-order valence-electron chi connectivity index (χ4n) is 2.13. The Labute approximate surface area is 107 Å². The standard InChI is InChI=1S/C13H20N4O/c1-3-6-17-12-4-5-15-9-11(12)16-13(17)7-10(8-14)18-2/h4-5,9-10H,3,6-8,14H2,1-2H3. The Kier molecular flexibility index (Phi) is 4.28. The SMILES string of the molecule is CCCn1c(CC(CN)OC)nc2cnccc21. The highest BCUT2D eigenvalue weighted by Gasteiger charge is 2.14. The third kappa shape index (κ3) is 2.52. The van der Waals surface area contributed by atoms with Gasteiger partial charge in [-0.1, -0.05) is 6.92 Å². The van der Waals surface area contributed by atoms with Gasteiger partial charge in [0.2, 0.25) is 0 Å². The van der Waals surface area contributed by atoms with Crippen LogP contribution in [0.5, 0.6) is 0 Å². The molecule has 0 radical (unpaired) electrons. The highest BCUT2D eigenvalue weighted by Crippen LogP contribution is 2.17. The second-order valence-corrected chi connectivity index (χ2v) is 4.34. The number of hydrogen-bond acceptors (Lipinski definition) is 4. The van der Waals surface area contributed by atoms with Gasteiger partial charge < -0.3 is 15.0 Å². The van der Waals surface area contributed by atoms with Crippen LogP contribution in [0.4, 0.5) is 0 Å². The lowest BCUT2D eigenvalue weighted by atomic mass is 10.2. The molecule has 0 fully saturated rings. The fraction of sp³-hybridized carbons (Fsp3) is 0.538. The van der Waals surface area contributed by atoms with Crippen LogP contribution in [0.3, 0.4) is 0 Å². The van der Waals surface area contributed by atoms with Crippen molar-refractivity contribution in [3.05, 3.63) is 24.3 Å². The minimum Gasteiger partial charge on any atom is -0.380 e. The van der Waals surface area contributed by atoms with Crippen LogP contribution in [0, 0.1) is 0 Å². The van der Waals surface area contributed by atoms with Crippen LogP contribution >= 0.6 is 0 Å². The first-order chi connectivity index (χ1) is 8.80. The fourth-order valence-corrected chi connectivity index (χ4v) is 2.13. The van der Waals surface area contributed by atoms with Crippen molar-refractivity contribution in [2.45, 2.75) is 32.4 Å². The van der Waals surface area contributed by atoms with Gasteiger partial charge in [0.15, 0.2) is 0 Å². The molecule has 0 spiro atoms. The molecule has 18 heavy (non-hydrogen) atoms. The summed E-state index contributed by atoms with van der Waals surface area (Å²) < 4.78 is 7.57. The van der Waals surface area contributed by atoms with Gasteiger partial charge in [-0.25, -0.2) is 4.98 Å². The zero-order chi connectivity index (χ0) is 13.0. The first-order valence-corrected chi connectivity index (χ1v) is 6.32. The summed E-state index contributed by atoms with van der Waals surface area (Å²) in [4.78, 5) is 8.75. The number of aromatic nitrogens is 3. The summed E-state index contributed by atoms with van der Waals surface area (Å²) in [5, 5.41) is 0. The molecule has 2 heterocycles. The zero-order valence-electron chi connectivity index (χ0n) is 11.0. The smallest absolute Gasteiger partial charge is 0.112 e. The Bertz CT molecular complexity index is 505. The van der Waals surface area contributed by atoms with Crippen LogP contribution in [-0.2, 0) is 17.7 Å². The van der Waals surface area contributed by atoms with Crippen molar-refractivity contribution < 1.29 is 4.74 Å². The molecule has 0 aliphatic carbocycles. The maximum atomic E-state index is 5.68. The Morgan fingerprint density at radius 3 is 3.00 bits per heavy atom. The first-order valence-electron chi connectivity index (χ1n) is 6.32. The number of hydrogen-bond donors (Lipinski definition) is 1. The Morgan fingerprint density at radius 2 is 2.33 bits per heavy atom. The lowest BCUT2D eigenvalue weighted by Crippen LogP contribution is -2.26. The van der Waals surface area contributed by atoms with Crippen molar-refractivity contribution in [1.29, 1.82) is 0 Å². The number of nitrogens with zero attached hydrogens (tertiary/aromatic N) is 3. The van der Waals surface area contributed by atoms with E-state index < -0.39 is 0 Å². The van der Waals surface area contributed by atoms with Crippen LogP contribution in [0.25, 0.3) is 11.0 Å². The second-order valence-electron chi connectivity index (χ2n) is 4.34. The predicted octanol–water partition coefficient (Wildman–Crippen LogP) is 1.36.